The quantitative estimate of drug-likeness (QED) is 0.0886. The minimum atomic E-state index is -1.05. The number of pyridine rings is 1. The number of hydrazine groups is 1. The lowest BCUT2D eigenvalue weighted by atomic mass is 9.83. The Morgan fingerprint density at radius 1 is 1.00 bits per heavy atom. The minimum absolute atomic E-state index is 0.0783. The number of alkyl carbamates (subject to hydrolysis) is 1. The molecular weight excluding hydrogens is 875 g/mol. The summed E-state index contributed by atoms with van der Waals surface area (Å²) in [5.41, 5.74) is 9.53. The predicted octanol–water partition coefficient (Wildman–Crippen LogP) is 7.50. The average Bonchev–Trinajstić information content (AvgIpc) is 3.98. The van der Waals surface area contributed by atoms with E-state index < -0.39 is 41.1 Å². The Morgan fingerprint density at radius 2 is 1.76 bits per heavy atom. The van der Waals surface area contributed by atoms with Crippen molar-refractivity contribution >= 4 is 46.2 Å². The summed E-state index contributed by atoms with van der Waals surface area (Å²) in [4.78, 5) is 64.8. The van der Waals surface area contributed by atoms with Crippen molar-refractivity contribution in [3.63, 3.8) is 0 Å². The summed E-state index contributed by atoms with van der Waals surface area (Å²) >= 11 is 1.39. The standard InChI is InChI=1S/C50H67N7O9S/c1-29(62-8)43-36(22-33(26-51-43)31-14-17-55(18-15-31)34-12-13-34)44-37(25-50(6,7)28-65-30(2)58)35-21-32(23-41-45(35)56(44)19-20-64-41)40-27-67-42(52-40)24-39(53-48(61)66-49(3,4)5)46(59)57-16-10-11-38(54-57)47(60)63-9/h21-23,26-27,29,31,34,38-39,54H,10-20,24-25,28H2,1-9H3,(H,53,61)/t29-,38-,39-/m0/s1. The van der Waals surface area contributed by atoms with Crippen molar-refractivity contribution in [3.8, 4) is 28.3 Å². The zero-order chi connectivity index (χ0) is 47.8. The van der Waals surface area contributed by atoms with Gasteiger partial charge < -0.3 is 38.5 Å². The first-order valence-electron chi connectivity index (χ1n) is 23.7. The second-order valence-electron chi connectivity index (χ2n) is 20.3. The fourth-order valence-electron chi connectivity index (χ4n) is 9.75. The van der Waals surface area contributed by atoms with Gasteiger partial charge in [0.25, 0.3) is 5.91 Å². The molecule has 17 heteroatoms. The molecule has 0 radical (unpaired) electrons. The number of aromatic nitrogens is 3. The number of carbonyl (C=O) groups excluding carboxylic acids is 4. The molecule has 0 bridgehead atoms. The van der Waals surface area contributed by atoms with Crippen LogP contribution >= 0.6 is 11.3 Å². The lowest BCUT2D eigenvalue weighted by Gasteiger charge is -2.34. The number of hydrogen-bond donors (Lipinski definition) is 2. The molecule has 16 nitrogen and oxygen atoms in total. The number of benzene rings is 1. The van der Waals surface area contributed by atoms with Crippen LogP contribution in [0, 0.1) is 5.41 Å². The molecule has 0 spiro atoms. The maximum Gasteiger partial charge on any atom is 0.408 e. The number of esters is 2. The molecule has 0 unspecified atom stereocenters. The highest BCUT2D eigenvalue weighted by molar-refractivity contribution is 7.10. The first-order chi connectivity index (χ1) is 31.9. The topological polar surface area (TPSA) is 176 Å². The highest BCUT2D eigenvalue weighted by atomic mass is 32.1. The Hall–Kier alpha value is -5.10. The molecule has 1 saturated carbocycles. The minimum Gasteiger partial charge on any atom is -0.489 e. The van der Waals surface area contributed by atoms with Gasteiger partial charge in [0, 0.05) is 66.5 Å². The van der Waals surface area contributed by atoms with Crippen LogP contribution in [0.25, 0.3) is 33.4 Å². The van der Waals surface area contributed by atoms with Gasteiger partial charge in [-0.3, -0.25) is 24.4 Å². The Morgan fingerprint density at radius 3 is 2.45 bits per heavy atom. The fraction of sp³-hybridized carbons (Fsp3) is 0.600. The van der Waals surface area contributed by atoms with Crippen molar-refractivity contribution in [2.45, 2.75) is 142 Å². The van der Waals surface area contributed by atoms with E-state index in [4.69, 9.17) is 33.7 Å². The van der Waals surface area contributed by atoms with Crippen LogP contribution in [0.1, 0.15) is 121 Å². The molecule has 6 heterocycles. The molecule has 1 aliphatic carbocycles. The Labute approximate surface area is 397 Å². The van der Waals surface area contributed by atoms with Gasteiger partial charge in [0.05, 0.1) is 54.0 Å². The number of hydrogen-bond acceptors (Lipinski definition) is 14. The van der Waals surface area contributed by atoms with Crippen LogP contribution in [-0.2, 0) is 52.7 Å². The van der Waals surface area contributed by atoms with Gasteiger partial charge in [-0.2, -0.15) is 0 Å². The van der Waals surface area contributed by atoms with Crippen LogP contribution < -0.4 is 15.5 Å². The number of amides is 2. The number of nitrogens with zero attached hydrogens (tertiary/aromatic N) is 5. The van der Waals surface area contributed by atoms with Crippen LogP contribution in [-0.4, -0.2) is 119 Å². The highest BCUT2D eigenvalue weighted by Crippen LogP contribution is 2.47. The van der Waals surface area contributed by atoms with Gasteiger partial charge in [-0.15, -0.1) is 11.3 Å². The number of nitrogens with one attached hydrogen (secondary N) is 2. The fourth-order valence-corrected chi connectivity index (χ4v) is 10.6. The zero-order valence-corrected chi connectivity index (χ0v) is 41.3. The maximum absolute atomic E-state index is 14.2. The van der Waals surface area contributed by atoms with Crippen molar-refractivity contribution in [1.82, 2.24) is 35.2 Å². The summed E-state index contributed by atoms with van der Waals surface area (Å²) in [6.45, 7) is 16.9. The Bertz CT molecular complexity index is 2480. The second kappa shape index (κ2) is 19.9. The normalized spacial score (nSPS) is 19.1. The van der Waals surface area contributed by atoms with Crippen molar-refractivity contribution < 1.29 is 42.9 Å². The van der Waals surface area contributed by atoms with E-state index in [1.807, 2.05) is 18.4 Å². The van der Waals surface area contributed by atoms with Gasteiger partial charge in [-0.1, -0.05) is 13.8 Å². The third kappa shape index (κ3) is 11.1. The van der Waals surface area contributed by atoms with Crippen LogP contribution in [0.5, 0.6) is 5.75 Å². The maximum atomic E-state index is 14.2. The number of rotatable bonds is 15. The van der Waals surface area contributed by atoms with Crippen LogP contribution in [0.4, 0.5) is 4.79 Å². The Balaban J connectivity index is 1.19. The zero-order valence-electron chi connectivity index (χ0n) is 40.5. The molecule has 2 N–H and O–H groups in total. The molecule has 3 fully saturated rings. The second-order valence-corrected chi connectivity index (χ2v) is 21.2. The van der Waals surface area contributed by atoms with E-state index in [1.165, 1.54) is 48.8 Å². The van der Waals surface area contributed by atoms with Crippen molar-refractivity contribution in [3.05, 3.63) is 51.6 Å². The van der Waals surface area contributed by atoms with E-state index in [2.05, 4.69) is 52.4 Å². The SMILES string of the molecule is COC(=O)[C@@H]1CCCN(C(=O)[C@H](Cc2nc(-c3cc4c5c(c3)c(CC(C)(C)COC(C)=O)c(-c3cc(C6CCN(C7CC7)CC6)cnc3[C@H](C)OC)n5CCO4)cs2)NC(=O)OC(C)(C)C)N1. The molecule has 3 atom stereocenters. The average molecular weight is 942 g/mol. The summed E-state index contributed by atoms with van der Waals surface area (Å²) in [5.74, 6) is -0.0851. The van der Waals surface area contributed by atoms with Gasteiger partial charge >= 0.3 is 18.0 Å². The van der Waals surface area contributed by atoms with E-state index in [0.29, 0.717) is 55.6 Å². The van der Waals surface area contributed by atoms with Crippen molar-refractivity contribution in [2.24, 2.45) is 5.41 Å². The van der Waals surface area contributed by atoms with E-state index in [0.717, 1.165) is 76.7 Å². The molecule has 362 valence electrons. The van der Waals surface area contributed by atoms with Gasteiger partial charge in [-0.25, -0.2) is 15.2 Å². The summed E-state index contributed by atoms with van der Waals surface area (Å²) < 4.78 is 31.1. The highest BCUT2D eigenvalue weighted by Gasteiger charge is 2.37. The molecule has 67 heavy (non-hydrogen) atoms. The molecule has 8 rings (SSSR count). The smallest absolute Gasteiger partial charge is 0.408 e. The van der Waals surface area contributed by atoms with E-state index >= 15 is 0 Å². The van der Waals surface area contributed by atoms with Crippen molar-refractivity contribution in [2.75, 3.05) is 47.1 Å². The van der Waals surface area contributed by atoms with Crippen LogP contribution in [0.3, 0.4) is 0 Å². The summed E-state index contributed by atoms with van der Waals surface area (Å²) in [6.07, 6.45) is 7.60. The van der Waals surface area contributed by atoms with Crippen molar-refractivity contribution in [1.29, 1.82) is 0 Å². The molecule has 2 amide bonds. The van der Waals surface area contributed by atoms with Gasteiger partial charge in [0.15, 0.2) is 0 Å². The van der Waals surface area contributed by atoms with Gasteiger partial charge in [-0.05, 0) is 121 Å². The van der Waals surface area contributed by atoms with Crippen LogP contribution in [0.15, 0.2) is 29.8 Å². The molecule has 4 aliphatic rings. The number of thiazole rings is 1. The predicted molar refractivity (Wildman–Crippen MR) is 255 cm³/mol. The monoisotopic (exact) mass is 941 g/mol. The van der Waals surface area contributed by atoms with E-state index in [-0.39, 0.29) is 25.1 Å². The molecular formula is C50H67N7O9S. The van der Waals surface area contributed by atoms with E-state index in [1.54, 1.807) is 27.9 Å². The van der Waals surface area contributed by atoms with E-state index in [9.17, 15) is 19.2 Å². The number of carbonyl (C=O) groups is 4. The van der Waals surface area contributed by atoms with Gasteiger partial charge in [0.2, 0.25) is 0 Å². The first kappa shape index (κ1) is 48.4. The lowest BCUT2D eigenvalue weighted by Crippen LogP contribution is -2.60. The number of ether oxygens (including phenoxy) is 5. The molecule has 3 aliphatic heterocycles. The molecule has 1 aromatic carbocycles. The first-order valence-corrected chi connectivity index (χ1v) is 24.6. The van der Waals surface area contributed by atoms with Crippen LogP contribution in [0.2, 0.25) is 0 Å². The molecule has 3 aromatic heterocycles. The molecule has 4 aromatic rings. The number of likely N-dealkylation sites (tertiary alicyclic amines) is 1. The van der Waals surface area contributed by atoms with Gasteiger partial charge in [0.1, 0.15) is 30.0 Å². The number of methoxy groups -OCH3 is 2. The summed E-state index contributed by atoms with van der Waals surface area (Å²) in [6, 6.07) is 5.57. The summed E-state index contributed by atoms with van der Waals surface area (Å²) in [7, 11) is 3.03. The third-order valence-electron chi connectivity index (χ3n) is 13.3. The lowest BCUT2D eigenvalue weighted by molar-refractivity contribution is -0.150. The largest absolute Gasteiger partial charge is 0.489 e. The third-order valence-corrected chi connectivity index (χ3v) is 14.1. The summed E-state index contributed by atoms with van der Waals surface area (Å²) in [5, 5.41) is 7.74. The Kier molecular flexibility index (Phi) is 14.3. The molecule has 2 saturated heterocycles. The number of piperidine rings is 1.